The maximum absolute atomic E-state index is 12.8. The molecule has 3 rings (SSSR count). The number of piperazine rings is 1. The van der Waals surface area contributed by atoms with E-state index in [9.17, 15) is 4.79 Å². The Bertz CT molecular complexity index is 637. The summed E-state index contributed by atoms with van der Waals surface area (Å²) in [4.78, 5) is 19.0. The van der Waals surface area contributed by atoms with Gasteiger partial charge < -0.3 is 14.8 Å². The second-order valence-electron chi connectivity index (χ2n) is 5.20. The van der Waals surface area contributed by atoms with Crippen LogP contribution >= 0.6 is 12.4 Å². The molecule has 1 amide bonds. The van der Waals surface area contributed by atoms with E-state index < -0.39 is 0 Å². The maximum Gasteiger partial charge on any atom is 0.257 e. The third-order valence-electron chi connectivity index (χ3n) is 3.86. The highest BCUT2D eigenvalue weighted by Gasteiger charge is 2.31. The number of aryl methyl sites for hydroxylation is 2. The van der Waals surface area contributed by atoms with Crippen molar-refractivity contribution < 1.29 is 4.79 Å². The zero-order valence-electron chi connectivity index (χ0n) is 12.8. The molecular weight excluding hydrogens is 304 g/mol. The number of carbonyl (C=O) groups excluding carboxylic acids is 1. The molecule has 1 atom stereocenters. The van der Waals surface area contributed by atoms with E-state index in [1.807, 2.05) is 29.6 Å². The van der Waals surface area contributed by atoms with Crippen LogP contribution in [0.1, 0.15) is 29.1 Å². The Labute approximate surface area is 135 Å². The molecule has 0 radical (unpaired) electrons. The van der Waals surface area contributed by atoms with Crippen molar-refractivity contribution in [2.75, 3.05) is 19.6 Å². The minimum absolute atomic E-state index is 0. The molecule has 1 N–H and O–H groups in total. The lowest BCUT2D eigenvalue weighted by molar-refractivity contribution is 0.0621. The molecule has 0 spiro atoms. The molecule has 120 valence electrons. The number of carbonyl (C=O) groups is 1. The lowest BCUT2D eigenvalue weighted by Crippen LogP contribution is -2.49. The van der Waals surface area contributed by atoms with Gasteiger partial charge in [0.1, 0.15) is 11.9 Å². The zero-order valence-corrected chi connectivity index (χ0v) is 13.6. The van der Waals surface area contributed by atoms with E-state index in [2.05, 4.69) is 15.4 Å². The summed E-state index contributed by atoms with van der Waals surface area (Å²) >= 11 is 0. The number of amides is 1. The number of halogens is 1. The van der Waals surface area contributed by atoms with E-state index >= 15 is 0 Å². The average molecular weight is 325 g/mol. The third-order valence-corrected chi connectivity index (χ3v) is 3.86. The fraction of sp³-hybridized carbons (Fsp3) is 0.500. The van der Waals surface area contributed by atoms with Crippen LogP contribution in [0, 0.1) is 0 Å². The van der Waals surface area contributed by atoms with Gasteiger partial charge in [-0.3, -0.25) is 9.48 Å². The minimum Gasteiger partial charge on any atom is -0.336 e. The summed E-state index contributed by atoms with van der Waals surface area (Å²) in [7, 11) is 1.95. The van der Waals surface area contributed by atoms with Gasteiger partial charge >= 0.3 is 0 Å². The van der Waals surface area contributed by atoms with Crippen molar-refractivity contribution in [3.63, 3.8) is 0 Å². The van der Waals surface area contributed by atoms with Crippen LogP contribution in [0.25, 0.3) is 0 Å². The van der Waals surface area contributed by atoms with Gasteiger partial charge in [0.05, 0.1) is 11.8 Å². The molecule has 1 saturated heterocycles. The Kier molecular flexibility index (Phi) is 5.20. The first kappa shape index (κ1) is 16.5. The van der Waals surface area contributed by atoms with Crippen molar-refractivity contribution >= 4 is 18.3 Å². The number of aromatic nitrogens is 4. The van der Waals surface area contributed by atoms with E-state index in [0.29, 0.717) is 12.1 Å². The molecule has 3 heterocycles. The number of hydrogen-bond donors (Lipinski definition) is 1. The van der Waals surface area contributed by atoms with Gasteiger partial charge in [0.25, 0.3) is 5.91 Å². The van der Waals surface area contributed by atoms with Gasteiger partial charge in [-0.15, -0.1) is 12.4 Å². The van der Waals surface area contributed by atoms with Gasteiger partial charge in [0, 0.05) is 51.8 Å². The van der Waals surface area contributed by atoms with Crippen LogP contribution in [0.15, 0.2) is 24.8 Å². The van der Waals surface area contributed by atoms with Crippen LogP contribution in [-0.2, 0) is 13.6 Å². The quantitative estimate of drug-likeness (QED) is 0.908. The van der Waals surface area contributed by atoms with Crippen LogP contribution in [0.4, 0.5) is 0 Å². The molecule has 22 heavy (non-hydrogen) atoms. The van der Waals surface area contributed by atoms with Crippen molar-refractivity contribution in [1.29, 1.82) is 0 Å². The Morgan fingerprint density at radius 1 is 1.50 bits per heavy atom. The Morgan fingerprint density at radius 3 is 2.95 bits per heavy atom. The van der Waals surface area contributed by atoms with Gasteiger partial charge in [-0.25, -0.2) is 4.98 Å². The smallest absolute Gasteiger partial charge is 0.257 e. The van der Waals surface area contributed by atoms with E-state index in [-0.39, 0.29) is 24.4 Å². The predicted molar refractivity (Wildman–Crippen MR) is 85.0 cm³/mol. The van der Waals surface area contributed by atoms with Gasteiger partial charge in [0.2, 0.25) is 0 Å². The van der Waals surface area contributed by atoms with E-state index in [0.717, 1.165) is 25.5 Å². The molecule has 1 aliphatic rings. The topological polar surface area (TPSA) is 68.0 Å². The Hall–Kier alpha value is -1.86. The molecule has 2 aromatic heterocycles. The standard InChI is InChI=1S/C14H20N6O.ClH/c1-3-19-10-11(8-17-19)14(21)20-7-4-15-9-12(20)13-16-5-6-18(13)2;/h5-6,8,10,12,15H,3-4,7,9H2,1-2H3;1H. The number of nitrogens with one attached hydrogen (secondary N) is 1. The highest BCUT2D eigenvalue weighted by molar-refractivity contribution is 5.94. The Morgan fingerprint density at radius 2 is 2.32 bits per heavy atom. The molecular formula is C14H21ClN6O. The van der Waals surface area contributed by atoms with Crippen LogP contribution in [0.5, 0.6) is 0 Å². The van der Waals surface area contributed by atoms with E-state index in [1.165, 1.54) is 0 Å². The minimum atomic E-state index is -0.0452. The maximum atomic E-state index is 12.8. The molecule has 0 aliphatic carbocycles. The molecule has 1 aliphatic heterocycles. The fourth-order valence-electron chi connectivity index (χ4n) is 2.69. The summed E-state index contributed by atoms with van der Waals surface area (Å²) in [5.74, 6) is 0.919. The largest absolute Gasteiger partial charge is 0.336 e. The molecule has 8 heteroatoms. The van der Waals surface area contributed by atoms with Crippen LogP contribution < -0.4 is 5.32 Å². The van der Waals surface area contributed by atoms with Crippen LogP contribution in [-0.4, -0.2) is 49.8 Å². The molecule has 2 aromatic rings. The number of imidazole rings is 1. The van der Waals surface area contributed by atoms with Crippen LogP contribution in [0.2, 0.25) is 0 Å². The predicted octanol–water partition coefficient (Wildman–Crippen LogP) is 0.845. The first-order chi connectivity index (χ1) is 10.2. The van der Waals surface area contributed by atoms with Crippen molar-refractivity contribution in [3.05, 3.63) is 36.2 Å². The highest BCUT2D eigenvalue weighted by Crippen LogP contribution is 2.22. The molecule has 0 saturated carbocycles. The van der Waals surface area contributed by atoms with E-state index in [1.54, 1.807) is 23.3 Å². The second-order valence-corrected chi connectivity index (χ2v) is 5.20. The van der Waals surface area contributed by atoms with Gasteiger partial charge in [0.15, 0.2) is 0 Å². The monoisotopic (exact) mass is 324 g/mol. The zero-order chi connectivity index (χ0) is 14.8. The average Bonchev–Trinajstić information content (AvgIpc) is 3.15. The third kappa shape index (κ3) is 3.00. The Balaban J connectivity index is 0.00000176. The summed E-state index contributed by atoms with van der Waals surface area (Å²) in [5.41, 5.74) is 0.637. The number of hydrogen-bond acceptors (Lipinski definition) is 4. The lowest BCUT2D eigenvalue weighted by Gasteiger charge is -2.35. The highest BCUT2D eigenvalue weighted by atomic mass is 35.5. The molecule has 0 bridgehead atoms. The van der Waals surface area contributed by atoms with Crippen molar-refractivity contribution in [3.8, 4) is 0 Å². The van der Waals surface area contributed by atoms with Gasteiger partial charge in [-0.2, -0.15) is 5.10 Å². The molecule has 1 fully saturated rings. The van der Waals surface area contributed by atoms with Crippen molar-refractivity contribution in [1.82, 2.24) is 29.5 Å². The summed E-state index contributed by atoms with van der Waals surface area (Å²) < 4.78 is 3.73. The van der Waals surface area contributed by atoms with E-state index in [4.69, 9.17) is 0 Å². The lowest BCUT2D eigenvalue weighted by atomic mass is 10.1. The van der Waals surface area contributed by atoms with Crippen LogP contribution in [0.3, 0.4) is 0 Å². The molecule has 1 unspecified atom stereocenters. The first-order valence-electron chi connectivity index (χ1n) is 7.22. The summed E-state index contributed by atoms with van der Waals surface area (Å²) in [6, 6.07) is -0.0452. The molecule has 7 nitrogen and oxygen atoms in total. The second kappa shape index (κ2) is 6.93. The molecule has 0 aromatic carbocycles. The normalized spacial score (nSPS) is 18.1. The number of rotatable bonds is 3. The SMILES string of the molecule is CCn1cc(C(=O)N2CCNCC2c2nccn2C)cn1.Cl. The summed E-state index contributed by atoms with van der Waals surface area (Å²) in [6.07, 6.45) is 7.12. The summed E-state index contributed by atoms with van der Waals surface area (Å²) in [5, 5.41) is 7.52. The van der Waals surface area contributed by atoms with Crippen molar-refractivity contribution in [2.45, 2.75) is 19.5 Å². The fourth-order valence-corrected chi connectivity index (χ4v) is 2.69. The van der Waals surface area contributed by atoms with Gasteiger partial charge in [-0.1, -0.05) is 0 Å². The summed E-state index contributed by atoms with van der Waals surface area (Å²) in [6.45, 7) is 4.96. The van der Waals surface area contributed by atoms with Gasteiger partial charge in [-0.05, 0) is 6.92 Å². The van der Waals surface area contributed by atoms with Crippen molar-refractivity contribution in [2.24, 2.45) is 7.05 Å². The first-order valence-corrected chi connectivity index (χ1v) is 7.22. The number of nitrogens with zero attached hydrogens (tertiary/aromatic N) is 5.